The van der Waals surface area contributed by atoms with Gasteiger partial charge in [0.2, 0.25) is 0 Å². The summed E-state index contributed by atoms with van der Waals surface area (Å²) in [5.41, 5.74) is 14.2. The molecule has 0 amide bonds. The second kappa shape index (κ2) is 15.3. The van der Waals surface area contributed by atoms with E-state index in [1.807, 2.05) is 0 Å². The van der Waals surface area contributed by atoms with Crippen LogP contribution >= 0.6 is 0 Å². The number of hydrogen-bond donors (Lipinski definition) is 0. The van der Waals surface area contributed by atoms with Gasteiger partial charge >= 0.3 is 0 Å². The molecule has 2 nitrogen and oxygen atoms in total. The molecule has 1 aliphatic carbocycles. The van der Waals surface area contributed by atoms with Crippen molar-refractivity contribution in [3.63, 3.8) is 0 Å². The van der Waals surface area contributed by atoms with E-state index in [0.717, 1.165) is 34.1 Å². The Morgan fingerprint density at radius 3 is 1.52 bits per heavy atom. The molecule has 13 rings (SSSR count). The van der Waals surface area contributed by atoms with Gasteiger partial charge in [0.05, 0.1) is 0 Å². The average Bonchev–Trinajstić information content (AvgIpc) is 3.38. The Balaban J connectivity index is 1.04. The van der Waals surface area contributed by atoms with Crippen molar-refractivity contribution in [1.82, 2.24) is 0 Å². The van der Waals surface area contributed by atoms with Gasteiger partial charge in [0, 0.05) is 39.5 Å². The van der Waals surface area contributed by atoms with Gasteiger partial charge in [-0.3, -0.25) is 0 Å². The van der Waals surface area contributed by atoms with Crippen LogP contribution in [0.25, 0.3) is 76.1 Å². The average molecular weight is 855 g/mol. The minimum Gasteiger partial charge on any atom is -0.310 e. The van der Waals surface area contributed by atoms with E-state index < -0.39 is 0 Å². The molecule has 0 N–H and O–H groups in total. The van der Waals surface area contributed by atoms with Gasteiger partial charge in [-0.1, -0.05) is 184 Å². The summed E-state index contributed by atoms with van der Waals surface area (Å²) in [4.78, 5) is 4.83. The van der Waals surface area contributed by atoms with Crippen LogP contribution in [-0.2, 0) is 5.41 Å². The lowest BCUT2D eigenvalue weighted by molar-refractivity contribution is 0.645. The molecule has 12 aromatic rings. The van der Waals surface area contributed by atoms with Gasteiger partial charge in [-0.2, -0.15) is 0 Å². The molecule has 0 atom stereocenters. The lowest BCUT2D eigenvalue weighted by Crippen LogP contribution is -2.24. The first-order chi connectivity index (χ1) is 33.0. The molecule has 0 heterocycles. The molecule has 0 spiro atoms. The maximum atomic E-state index is 2.46. The third kappa shape index (κ3) is 6.25. The Bertz CT molecular complexity index is 3890. The maximum Gasteiger partial charge on any atom is 0.0468 e. The minimum absolute atomic E-state index is 0.311. The van der Waals surface area contributed by atoms with Gasteiger partial charge in [-0.05, 0) is 160 Å². The Kier molecular flexibility index (Phi) is 8.91. The summed E-state index contributed by atoms with van der Waals surface area (Å²) in [6.07, 6.45) is 0. The van der Waals surface area contributed by atoms with Crippen LogP contribution in [0.2, 0.25) is 0 Å². The van der Waals surface area contributed by atoms with Crippen LogP contribution in [0, 0.1) is 0 Å². The smallest absolute Gasteiger partial charge is 0.0468 e. The Morgan fingerprint density at radius 1 is 0.284 bits per heavy atom. The number of para-hydroxylation sites is 2. The normalized spacial score (nSPS) is 12.7. The van der Waals surface area contributed by atoms with Crippen LogP contribution in [-0.4, -0.2) is 0 Å². The molecule has 316 valence electrons. The predicted octanol–water partition coefficient (Wildman–Crippen LogP) is 18.4. The van der Waals surface area contributed by atoms with Gasteiger partial charge in [0.15, 0.2) is 0 Å². The summed E-state index contributed by atoms with van der Waals surface area (Å²) in [5, 5.41) is 12.6. The molecular formula is C65H46N2. The third-order valence-electron chi connectivity index (χ3n) is 14.3. The van der Waals surface area contributed by atoms with Crippen molar-refractivity contribution in [3.05, 3.63) is 254 Å². The fourth-order valence-corrected chi connectivity index (χ4v) is 11.2. The molecule has 67 heavy (non-hydrogen) atoms. The number of hydrogen-bond acceptors (Lipinski definition) is 2. The summed E-state index contributed by atoms with van der Waals surface area (Å²) >= 11 is 0. The summed E-state index contributed by atoms with van der Waals surface area (Å²) in [6, 6.07) is 89.5. The van der Waals surface area contributed by atoms with E-state index in [9.17, 15) is 0 Å². The summed E-state index contributed by atoms with van der Waals surface area (Å²) in [7, 11) is 0. The number of benzene rings is 12. The summed E-state index contributed by atoms with van der Waals surface area (Å²) in [6.45, 7) is 4.83. The molecule has 0 bridgehead atoms. The maximum absolute atomic E-state index is 2.46. The second-order valence-electron chi connectivity index (χ2n) is 18.5. The van der Waals surface area contributed by atoms with Crippen LogP contribution in [0.1, 0.15) is 25.0 Å². The quantitative estimate of drug-likeness (QED) is 0.147. The van der Waals surface area contributed by atoms with E-state index in [0.29, 0.717) is 0 Å². The second-order valence-corrected chi connectivity index (χ2v) is 18.5. The lowest BCUT2D eigenvalue weighted by Gasteiger charge is -2.38. The molecule has 12 aromatic carbocycles. The van der Waals surface area contributed by atoms with E-state index in [1.165, 1.54) is 87.2 Å². The fraction of sp³-hybridized carbons (Fsp3) is 0.0462. The van der Waals surface area contributed by atoms with Crippen molar-refractivity contribution in [2.24, 2.45) is 0 Å². The molecule has 0 saturated carbocycles. The van der Waals surface area contributed by atoms with E-state index in [4.69, 9.17) is 0 Å². The molecular weight excluding hydrogens is 809 g/mol. The zero-order valence-electron chi connectivity index (χ0n) is 37.5. The Hall–Kier alpha value is -8.46. The molecule has 0 aromatic heterocycles. The highest BCUT2D eigenvalue weighted by Gasteiger charge is 2.36. The van der Waals surface area contributed by atoms with Crippen LogP contribution in [0.3, 0.4) is 0 Å². The Morgan fingerprint density at radius 2 is 0.791 bits per heavy atom. The van der Waals surface area contributed by atoms with Crippen molar-refractivity contribution in [2.45, 2.75) is 19.3 Å². The number of nitrogens with zero attached hydrogens (tertiary/aromatic N) is 2. The van der Waals surface area contributed by atoms with Crippen molar-refractivity contribution in [1.29, 1.82) is 0 Å². The topological polar surface area (TPSA) is 6.48 Å². The molecule has 2 heteroatoms. The van der Waals surface area contributed by atoms with Crippen LogP contribution in [0.5, 0.6) is 0 Å². The third-order valence-corrected chi connectivity index (χ3v) is 14.3. The van der Waals surface area contributed by atoms with Crippen molar-refractivity contribution in [2.75, 3.05) is 9.80 Å². The van der Waals surface area contributed by atoms with Gasteiger partial charge in [-0.15, -0.1) is 0 Å². The van der Waals surface area contributed by atoms with Crippen molar-refractivity contribution < 1.29 is 0 Å². The molecule has 0 aliphatic heterocycles. The van der Waals surface area contributed by atoms with Crippen molar-refractivity contribution >= 4 is 88.0 Å². The largest absolute Gasteiger partial charge is 0.310 e. The predicted molar refractivity (Wildman–Crippen MR) is 286 cm³/mol. The fourth-order valence-electron chi connectivity index (χ4n) is 11.2. The van der Waals surface area contributed by atoms with E-state index in [1.54, 1.807) is 0 Å². The van der Waals surface area contributed by atoms with E-state index >= 15 is 0 Å². The first kappa shape index (κ1) is 39.0. The van der Waals surface area contributed by atoms with Crippen LogP contribution < -0.4 is 9.80 Å². The van der Waals surface area contributed by atoms with Crippen molar-refractivity contribution in [3.8, 4) is 22.3 Å². The van der Waals surface area contributed by atoms with Gasteiger partial charge in [0.1, 0.15) is 0 Å². The molecule has 0 saturated heterocycles. The molecule has 0 fully saturated rings. The highest BCUT2D eigenvalue weighted by atomic mass is 15.1. The molecule has 0 radical (unpaired) electrons. The van der Waals surface area contributed by atoms with E-state index in [-0.39, 0.29) is 5.41 Å². The summed E-state index contributed by atoms with van der Waals surface area (Å²) in [5.74, 6) is 0. The highest BCUT2D eigenvalue weighted by Crippen LogP contribution is 2.56. The van der Waals surface area contributed by atoms with Gasteiger partial charge in [0.25, 0.3) is 0 Å². The van der Waals surface area contributed by atoms with Crippen LogP contribution in [0.15, 0.2) is 243 Å². The molecule has 1 aliphatic rings. The number of fused-ring (bicyclic) bond motifs is 8. The first-order valence-corrected chi connectivity index (χ1v) is 23.3. The lowest BCUT2D eigenvalue weighted by atomic mass is 9.66. The number of rotatable bonds is 7. The van der Waals surface area contributed by atoms with E-state index in [2.05, 4.69) is 266 Å². The number of anilines is 6. The molecule has 0 unspecified atom stereocenters. The van der Waals surface area contributed by atoms with Gasteiger partial charge < -0.3 is 9.80 Å². The monoisotopic (exact) mass is 854 g/mol. The van der Waals surface area contributed by atoms with Crippen LogP contribution in [0.4, 0.5) is 34.1 Å². The first-order valence-electron chi connectivity index (χ1n) is 23.3. The van der Waals surface area contributed by atoms with Gasteiger partial charge in [-0.25, -0.2) is 0 Å². The Labute approximate surface area is 391 Å². The zero-order chi connectivity index (χ0) is 44.6. The summed E-state index contributed by atoms with van der Waals surface area (Å²) < 4.78 is 0. The highest BCUT2D eigenvalue weighted by molar-refractivity contribution is 6.24. The zero-order valence-corrected chi connectivity index (χ0v) is 37.5. The minimum atomic E-state index is -0.311. The SMILES string of the molecule is CC1(C)c2cc(N(c3ccccc3)c3ccc4ccccc4c3)ccc2-c2c(-c3ccccc3)c3ccc(N(c4ccccc4)c4ccc5c(ccc6ccccc65)c4)cc3c3cccc1c23. The standard InChI is InChI=1S/C65H46N2/c1-65(2)60-28-16-27-56-59-41-52(66(48-22-8-4-9-23-48)51-33-36-55-47(40-51)30-29-44-18-14-15-26-54(44)55)34-37-57(59)62(45-19-6-3-7-20-45)64(63(56)60)58-38-35-53(42-61(58)65)67(49-24-10-5-11-25-49)50-32-31-43-17-12-13-21-46(43)39-50/h3-42H,1-2H3.